The van der Waals surface area contributed by atoms with Crippen LogP contribution in [0.2, 0.25) is 0 Å². The minimum atomic E-state index is -1.30. The molecule has 0 saturated carbocycles. The lowest BCUT2D eigenvalue weighted by molar-refractivity contribution is -0.148. The van der Waals surface area contributed by atoms with Gasteiger partial charge in [-0.1, -0.05) is 37.3 Å². The highest BCUT2D eigenvalue weighted by molar-refractivity contribution is 5.84. The molecule has 3 heteroatoms. The summed E-state index contributed by atoms with van der Waals surface area (Å²) in [6.45, 7) is 6.30. The van der Waals surface area contributed by atoms with Gasteiger partial charge in [0.25, 0.3) is 5.91 Å². The fraction of sp³-hybridized carbons (Fsp3) is 0.500. The first-order valence-corrected chi connectivity index (χ1v) is 6.01. The number of aliphatic hydroxyl groups is 1. The van der Waals surface area contributed by atoms with E-state index in [1.54, 1.807) is 4.90 Å². The molecule has 1 amide bonds. The molecule has 0 spiro atoms. The molecule has 0 radical (unpaired) electrons. The van der Waals surface area contributed by atoms with Gasteiger partial charge in [0.1, 0.15) is 5.60 Å². The molecular formula is C14H21NO2. The number of benzene rings is 1. The molecule has 1 aromatic carbocycles. The number of rotatable bonds is 5. The standard InChI is InChI=1S/C14H21NO2/c1-4-10-15(13(16)14(2,3)17)11-12-8-6-5-7-9-12/h5-9,17H,4,10-11H2,1-3H3. The van der Waals surface area contributed by atoms with Crippen molar-refractivity contribution in [2.45, 2.75) is 39.3 Å². The summed E-state index contributed by atoms with van der Waals surface area (Å²) in [6, 6.07) is 9.83. The molecule has 0 aromatic heterocycles. The number of carbonyl (C=O) groups is 1. The van der Waals surface area contributed by atoms with Gasteiger partial charge in [-0.2, -0.15) is 0 Å². The first-order valence-electron chi connectivity index (χ1n) is 6.01. The maximum absolute atomic E-state index is 12.0. The second-order valence-corrected chi connectivity index (χ2v) is 4.77. The van der Waals surface area contributed by atoms with Crippen molar-refractivity contribution in [3.63, 3.8) is 0 Å². The van der Waals surface area contributed by atoms with Crippen LogP contribution in [0.25, 0.3) is 0 Å². The zero-order chi connectivity index (χ0) is 12.9. The van der Waals surface area contributed by atoms with Gasteiger partial charge in [0, 0.05) is 13.1 Å². The number of hydrogen-bond acceptors (Lipinski definition) is 2. The van der Waals surface area contributed by atoms with Crippen molar-refractivity contribution in [1.29, 1.82) is 0 Å². The molecule has 0 heterocycles. The number of carbonyl (C=O) groups excluding carboxylic acids is 1. The molecule has 0 atom stereocenters. The zero-order valence-corrected chi connectivity index (χ0v) is 10.8. The topological polar surface area (TPSA) is 40.5 Å². The van der Waals surface area contributed by atoms with Gasteiger partial charge < -0.3 is 10.0 Å². The van der Waals surface area contributed by atoms with Crippen molar-refractivity contribution in [2.24, 2.45) is 0 Å². The maximum Gasteiger partial charge on any atom is 0.254 e. The van der Waals surface area contributed by atoms with Gasteiger partial charge in [0.05, 0.1) is 0 Å². The molecule has 0 bridgehead atoms. The SMILES string of the molecule is CCCN(Cc1ccccc1)C(=O)C(C)(C)O. The van der Waals surface area contributed by atoms with E-state index in [1.807, 2.05) is 37.3 Å². The Kier molecular flexibility index (Phi) is 4.70. The highest BCUT2D eigenvalue weighted by Crippen LogP contribution is 2.12. The first kappa shape index (κ1) is 13.7. The van der Waals surface area contributed by atoms with Crippen LogP contribution >= 0.6 is 0 Å². The number of amides is 1. The van der Waals surface area contributed by atoms with Crippen molar-refractivity contribution >= 4 is 5.91 Å². The molecule has 1 aromatic rings. The van der Waals surface area contributed by atoms with E-state index in [0.717, 1.165) is 12.0 Å². The van der Waals surface area contributed by atoms with E-state index in [1.165, 1.54) is 13.8 Å². The average molecular weight is 235 g/mol. The molecule has 0 aliphatic heterocycles. The summed E-state index contributed by atoms with van der Waals surface area (Å²) in [4.78, 5) is 13.7. The third kappa shape index (κ3) is 4.19. The van der Waals surface area contributed by atoms with Crippen LogP contribution in [0, 0.1) is 0 Å². The average Bonchev–Trinajstić information content (AvgIpc) is 2.28. The Balaban J connectivity index is 2.77. The molecule has 1 N–H and O–H groups in total. The summed E-state index contributed by atoms with van der Waals surface area (Å²) in [5.74, 6) is -0.219. The summed E-state index contributed by atoms with van der Waals surface area (Å²) in [6.07, 6.45) is 0.884. The second kappa shape index (κ2) is 5.82. The van der Waals surface area contributed by atoms with Crippen LogP contribution in [-0.4, -0.2) is 28.1 Å². The maximum atomic E-state index is 12.0. The van der Waals surface area contributed by atoms with E-state index < -0.39 is 5.60 Å². The highest BCUT2D eigenvalue weighted by atomic mass is 16.3. The van der Waals surface area contributed by atoms with Gasteiger partial charge in [0.2, 0.25) is 0 Å². The van der Waals surface area contributed by atoms with E-state index in [9.17, 15) is 9.90 Å². The summed E-state index contributed by atoms with van der Waals surface area (Å²) < 4.78 is 0. The molecule has 0 aliphatic rings. The number of hydrogen-bond donors (Lipinski definition) is 1. The van der Waals surface area contributed by atoms with Crippen molar-refractivity contribution in [3.05, 3.63) is 35.9 Å². The summed E-state index contributed by atoms with van der Waals surface area (Å²) in [5.41, 5.74) is -0.220. The van der Waals surface area contributed by atoms with Gasteiger partial charge in [-0.3, -0.25) is 4.79 Å². The predicted molar refractivity (Wildman–Crippen MR) is 68.4 cm³/mol. The minimum absolute atomic E-state index is 0.219. The molecule has 0 unspecified atom stereocenters. The van der Waals surface area contributed by atoms with Crippen LogP contribution in [0.3, 0.4) is 0 Å². The molecule has 0 fully saturated rings. The molecule has 17 heavy (non-hydrogen) atoms. The van der Waals surface area contributed by atoms with Gasteiger partial charge in [-0.05, 0) is 25.8 Å². The van der Waals surface area contributed by atoms with Crippen LogP contribution in [0.4, 0.5) is 0 Å². The Morgan fingerprint density at radius 1 is 1.29 bits per heavy atom. The third-order valence-corrected chi connectivity index (χ3v) is 2.52. The summed E-state index contributed by atoms with van der Waals surface area (Å²) >= 11 is 0. The quantitative estimate of drug-likeness (QED) is 0.850. The minimum Gasteiger partial charge on any atom is -0.381 e. The fourth-order valence-electron chi connectivity index (χ4n) is 1.71. The Labute approximate surface area is 103 Å². The van der Waals surface area contributed by atoms with Gasteiger partial charge in [0.15, 0.2) is 0 Å². The summed E-state index contributed by atoms with van der Waals surface area (Å²) in [7, 11) is 0. The summed E-state index contributed by atoms with van der Waals surface area (Å²) in [5, 5.41) is 9.77. The van der Waals surface area contributed by atoms with Crippen LogP contribution in [0.5, 0.6) is 0 Å². The molecule has 3 nitrogen and oxygen atoms in total. The van der Waals surface area contributed by atoms with Crippen molar-refractivity contribution in [1.82, 2.24) is 4.90 Å². The van der Waals surface area contributed by atoms with Gasteiger partial charge in [-0.25, -0.2) is 0 Å². The lowest BCUT2D eigenvalue weighted by Crippen LogP contribution is -2.45. The van der Waals surface area contributed by atoms with Crippen LogP contribution in [0.1, 0.15) is 32.8 Å². The Morgan fingerprint density at radius 2 is 1.88 bits per heavy atom. The van der Waals surface area contributed by atoms with E-state index in [2.05, 4.69) is 0 Å². The number of nitrogens with zero attached hydrogens (tertiary/aromatic N) is 1. The van der Waals surface area contributed by atoms with Crippen LogP contribution in [-0.2, 0) is 11.3 Å². The third-order valence-electron chi connectivity index (χ3n) is 2.52. The lowest BCUT2D eigenvalue weighted by Gasteiger charge is -2.28. The largest absolute Gasteiger partial charge is 0.381 e. The Bertz CT molecular complexity index is 354. The van der Waals surface area contributed by atoms with E-state index in [-0.39, 0.29) is 5.91 Å². The van der Waals surface area contributed by atoms with Gasteiger partial charge >= 0.3 is 0 Å². The molecule has 1 rings (SSSR count). The lowest BCUT2D eigenvalue weighted by atomic mass is 10.1. The van der Waals surface area contributed by atoms with E-state index in [4.69, 9.17) is 0 Å². The van der Waals surface area contributed by atoms with Gasteiger partial charge in [-0.15, -0.1) is 0 Å². The first-order chi connectivity index (χ1) is 7.95. The zero-order valence-electron chi connectivity index (χ0n) is 10.8. The molecule has 94 valence electrons. The smallest absolute Gasteiger partial charge is 0.254 e. The molecule has 0 aliphatic carbocycles. The van der Waals surface area contributed by atoms with Crippen molar-refractivity contribution in [2.75, 3.05) is 6.54 Å². The highest BCUT2D eigenvalue weighted by Gasteiger charge is 2.28. The monoisotopic (exact) mass is 235 g/mol. The molecule has 0 saturated heterocycles. The fourth-order valence-corrected chi connectivity index (χ4v) is 1.71. The van der Waals surface area contributed by atoms with Crippen LogP contribution < -0.4 is 0 Å². The van der Waals surface area contributed by atoms with E-state index in [0.29, 0.717) is 13.1 Å². The Morgan fingerprint density at radius 3 is 2.35 bits per heavy atom. The predicted octanol–water partition coefficient (Wildman–Crippen LogP) is 2.20. The van der Waals surface area contributed by atoms with E-state index >= 15 is 0 Å². The van der Waals surface area contributed by atoms with Crippen molar-refractivity contribution < 1.29 is 9.90 Å². The van der Waals surface area contributed by atoms with Crippen LogP contribution in [0.15, 0.2) is 30.3 Å². The normalized spacial score (nSPS) is 11.3. The second-order valence-electron chi connectivity index (χ2n) is 4.77. The molecular weight excluding hydrogens is 214 g/mol. The van der Waals surface area contributed by atoms with Crippen molar-refractivity contribution in [3.8, 4) is 0 Å². The Hall–Kier alpha value is -1.35.